The van der Waals surface area contributed by atoms with Gasteiger partial charge in [-0.1, -0.05) is 12.1 Å². The van der Waals surface area contributed by atoms with Crippen molar-refractivity contribution in [3.8, 4) is 0 Å². The molecule has 3 fully saturated rings. The number of carbonyl (C=O) groups is 1. The Labute approximate surface area is 154 Å². The number of rotatable bonds is 2. The summed E-state index contributed by atoms with van der Waals surface area (Å²) in [5.41, 5.74) is 0.0342. The van der Waals surface area contributed by atoms with E-state index >= 15 is 0 Å². The molecule has 0 saturated carbocycles. The monoisotopic (exact) mass is 362 g/mol. The first-order valence-corrected chi connectivity index (χ1v) is 9.66. The van der Waals surface area contributed by atoms with E-state index < -0.39 is 5.82 Å². The molecule has 6 heteroatoms. The molecule has 1 aromatic rings. The summed E-state index contributed by atoms with van der Waals surface area (Å²) in [4.78, 5) is 16.9. The van der Waals surface area contributed by atoms with Gasteiger partial charge in [-0.05, 0) is 37.8 Å². The summed E-state index contributed by atoms with van der Waals surface area (Å²) in [5.74, 6) is -0.655. The highest BCUT2D eigenvalue weighted by molar-refractivity contribution is 5.94. The molecule has 1 aromatic carbocycles. The van der Waals surface area contributed by atoms with Gasteiger partial charge in [0.25, 0.3) is 5.91 Å². The van der Waals surface area contributed by atoms with Crippen LogP contribution in [-0.4, -0.2) is 73.3 Å². The topological polar surface area (TPSA) is 42.0 Å². The Kier molecular flexibility index (Phi) is 5.25. The van der Waals surface area contributed by atoms with Crippen LogP contribution in [0.5, 0.6) is 0 Å². The first kappa shape index (κ1) is 17.9. The van der Waals surface area contributed by atoms with Gasteiger partial charge in [0, 0.05) is 38.8 Å². The third-order valence-electron chi connectivity index (χ3n) is 6.10. The zero-order valence-electron chi connectivity index (χ0n) is 15.2. The molecule has 1 amide bonds. The number of ether oxygens (including phenoxy) is 2. The number of nitrogens with zero attached hydrogens (tertiary/aromatic N) is 2. The minimum absolute atomic E-state index is 0.132. The van der Waals surface area contributed by atoms with E-state index in [1.165, 1.54) is 6.07 Å². The molecule has 5 nitrogen and oxygen atoms in total. The van der Waals surface area contributed by atoms with Crippen LogP contribution in [0.25, 0.3) is 0 Å². The van der Waals surface area contributed by atoms with E-state index in [4.69, 9.17) is 9.47 Å². The smallest absolute Gasteiger partial charge is 0.256 e. The zero-order valence-corrected chi connectivity index (χ0v) is 15.2. The summed E-state index contributed by atoms with van der Waals surface area (Å²) >= 11 is 0. The molecule has 1 spiro atoms. The molecule has 0 aliphatic carbocycles. The Balaban J connectivity index is 1.38. The number of halogens is 1. The number of carbonyl (C=O) groups excluding carboxylic acids is 1. The van der Waals surface area contributed by atoms with Gasteiger partial charge in [-0.2, -0.15) is 0 Å². The molecule has 0 aromatic heterocycles. The predicted octanol–water partition coefficient (Wildman–Crippen LogP) is 2.31. The number of likely N-dealkylation sites (tertiary alicyclic amines) is 1. The molecule has 3 saturated heterocycles. The second-order valence-electron chi connectivity index (χ2n) is 7.60. The van der Waals surface area contributed by atoms with E-state index in [1.54, 1.807) is 23.1 Å². The largest absolute Gasteiger partial charge is 0.379 e. The molecule has 3 heterocycles. The molecule has 1 unspecified atom stereocenters. The van der Waals surface area contributed by atoms with Crippen LogP contribution in [0.15, 0.2) is 24.3 Å². The highest BCUT2D eigenvalue weighted by Crippen LogP contribution is 2.37. The average molecular weight is 362 g/mol. The molecule has 142 valence electrons. The van der Waals surface area contributed by atoms with E-state index in [2.05, 4.69) is 4.90 Å². The fourth-order valence-electron chi connectivity index (χ4n) is 4.53. The van der Waals surface area contributed by atoms with Crippen LogP contribution >= 0.6 is 0 Å². The van der Waals surface area contributed by atoms with E-state index in [0.29, 0.717) is 19.1 Å². The van der Waals surface area contributed by atoms with Gasteiger partial charge < -0.3 is 14.4 Å². The lowest BCUT2D eigenvalue weighted by molar-refractivity contribution is -0.136. The molecule has 26 heavy (non-hydrogen) atoms. The number of amides is 1. The predicted molar refractivity (Wildman–Crippen MR) is 95.6 cm³/mol. The number of morpholine rings is 1. The Hall–Kier alpha value is -1.50. The van der Waals surface area contributed by atoms with Crippen molar-refractivity contribution in [3.63, 3.8) is 0 Å². The third-order valence-corrected chi connectivity index (χ3v) is 6.10. The van der Waals surface area contributed by atoms with Crippen molar-refractivity contribution < 1.29 is 18.7 Å². The highest BCUT2D eigenvalue weighted by Gasteiger charge is 2.42. The van der Waals surface area contributed by atoms with Gasteiger partial charge in [0.2, 0.25) is 0 Å². The zero-order chi connectivity index (χ0) is 18.0. The minimum atomic E-state index is -0.445. The summed E-state index contributed by atoms with van der Waals surface area (Å²) in [6.07, 6.45) is 3.75. The van der Waals surface area contributed by atoms with Crippen molar-refractivity contribution in [2.24, 2.45) is 0 Å². The van der Waals surface area contributed by atoms with Gasteiger partial charge in [-0.15, -0.1) is 0 Å². The molecule has 1 atom stereocenters. The third kappa shape index (κ3) is 3.63. The fourth-order valence-corrected chi connectivity index (χ4v) is 4.53. The Morgan fingerprint density at radius 2 is 1.81 bits per heavy atom. The summed E-state index contributed by atoms with van der Waals surface area (Å²) in [5, 5.41) is 0. The molecule has 3 aliphatic rings. The second-order valence-corrected chi connectivity index (χ2v) is 7.60. The number of hydrogen-bond acceptors (Lipinski definition) is 4. The van der Waals surface area contributed by atoms with Crippen LogP contribution in [0.1, 0.15) is 36.0 Å². The molecule has 0 N–H and O–H groups in total. The second kappa shape index (κ2) is 7.62. The van der Waals surface area contributed by atoms with Crippen molar-refractivity contribution in [2.75, 3.05) is 46.0 Å². The Bertz CT molecular complexity index is 640. The van der Waals surface area contributed by atoms with Gasteiger partial charge >= 0.3 is 0 Å². The minimum Gasteiger partial charge on any atom is -0.379 e. The Morgan fingerprint density at radius 3 is 2.54 bits per heavy atom. The summed E-state index contributed by atoms with van der Waals surface area (Å²) in [6.45, 7) is 5.66. The summed E-state index contributed by atoms with van der Waals surface area (Å²) in [7, 11) is 0. The van der Waals surface area contributed by atoms with Crippen LogP contribution in [0.2, 0.25) is 0 Å². The van der Waals surface area contributed by atoms with Gasteiger partial charge in [-0.25, -0.2) is 4.39 Å². The molecule has 4 rings (SSSR count). The summed E-state index contributed by atoms with van der Waals surface area (Å²) < 4.78 is 25.6. The Morgan fingerprint density at radius 1 is 1.08 bits per heavy atom. The fraction of sp³-hybridized carbons (Fsp3) is 0.650. The first-order valence-electron chi connectivity index (χ1n) is 9.66. The normalized spacial score (nSPS) is 26.8. The number of hydrogen-bond donors (Lipinski definition) is 0. The van der Waals surface area contributed by atoms with Gasteiger partial charge in [0.1, 0.15) is 5.82 Å². The van der Waals surface area contributed by atoms with Crippen LogP contribution < -0.4 is 0 Å². The molecule has 0 bridgehead atoms. The molecular formula is C20H27FN2O3. The highest BCUT2D eigenvalue weighted by atomic mass is 19.1. The summed E-state index contributed by atoms with van der Waals surface area (Å²) in [6, 6.07) is 6.77. The van der Waals surface area contributed by atoms with Crippen molar-refractivity contribution in [2.45, 2.75) is 37.3 Å². The van der Waals surface area contributed by atoms with Crippen LogP contribution in [0, 0.1) is 5.82 Å². The maximum atomic E-state index is 13.9. The average Bonchev–Trinajstić information content (AvgIpc) is 2.69. The quantitative estimate of drug-likeness (QED) is 0.810. The van der Waals surface area contributed by atoms with Crippen molar-refractivity contribution >= 4 is 5.91 Å². The van der Waals surface area contributed by atoms with E-state index in [9.17, 15) is 9.18 Å². The molecular weight excluding hydrogens is 335 g/mol. The van der Waals surface area contributed by atoms with Gasteiger partial charge in [-0.3, -0.25) is 9.69 Å². The standard InChI is InChI=1S/C20H27FN2O3/c21-18-4-2-1-3-17(18)19(24)23-8-6-20(7-9-23)15-16(5-12-26-20)22-10-13-25-14-11-22/h1-4,16H,5-15H2. The lowest BCUT2D eigenvalue weighted by atomic mass is 9.81. The van der Waals surface area contributed by atoms with Crippen molar-refractivity contribution in [3.05, 3.63) is 35.6 Å². The van der Waals surface area contributed by atoms with Crippen LogP contribution in [0.4, 0.5) is 4.39 Å². The number of benzene rings is 1. The van der Waals surface area contributed by atoms with Crippen molar-refractivity contribution in [1.82, 2.24) is 9.80 Å². The first-order chi connectivity index (χ1) is 12.7. The maximum absolute atomic E-state index is 13.9. The van der Waals surface area contributed by atoms with Crippen molar-refractivity contribution in [1.29, 1.82) is 0 Å². The van der Waals surface area contributed by atoms with Crippen LogP contribution in [-0.2, 0) is 9.47 Å². The van der Waals surface area contributed by atoms with Gasteiger partial charge in [0.05, 0.1) is 24.4 Å². The van der Waals surface area contributed by atoms with E-state index in [-0.39, 0.29) is 17.1 Å². The molecule has 0 radical (unpaired) electrons. The SMILES string of the molecule is O=C(c1ccccc1F)N1CCC2(CC1)CC(N1CCOCC1)CCO2. The van der Waals surface area contributed by atoms with E-state index in [0.717, 1.165) is 58.6 Å². The molecule has 3 aliphatic heterocycles. The number of piperidine rings is 1. The lowest BCUT2D eigenvalue weighted by Gasteiger charge is -2.49. The lowest BCUT2D eigenvalue weighted by Crippen LogP contribution is -2.55. The van der Waals surface area contributed by atoms with E-state index in [1.807, 2.05) is 0 Å². The van der Waals surface area contributed by atoms with Gasteiger partial charge in [0.15, 0.2) is 0 Å². The maximum Gasteiger partial charge on any atom is 0.256 e. The van der Waals surface area contributed by atoms with Crippen LogP contribution in [0.3, 0.4) is 0 Å².